The molecular weight excluding hydrogens is 1020 g/mol. The van der Waals surface area contributed by atoms with E-state index < -0.39 is 47.5 Å². The number of methoxy groups -OCH3 is 8. The maximum absolute atomic E-state index is 13.0. The third-order valence-corrected chi connectivity index (χ3v) is 15.1. The van der Waals surface area contributed by atoms with Crippen LogP contribution in [-0.4, -0.2) is 107 Å². The molecule has 4 atom stereocenters. The lowest BCUT2D eigenvalue weighted by Crippen LogP contribution is -2.19. The number of carbonyl (C=O) groups is 4. The van der Waals surface area contributed by atoms with Gasteiger partial charge in [0.25, 0.3) is 0 Å². The van der Waals surface area contributed by atoms with Gasteiger partial charge in [0.2, 0.25) is 0 Å². The van der Waals surface area contributed by atoms with Gasteiger partial charge in [-0.1, -0.05) is 105 Å². The highest BCUT2D eigenvalue weighted by molar-refractivity contribution is 5.73. The van der Waals surface area contributed by atoms with Crippen LogP contribution in [0.15, 0.2) is 48.5 Å². The van der Waals surface area contributed by atoms with E-state index in [1.165, 1.54) is 28.4 Å². The van der Waals surface area contributed by atoms with E-state index in [-0.39, 0.29) is 26.4 Å². The van der Waals surface area contributed by atoms with Gasteiger partial charge in [-0.2, -0.15) is 0 Å². The van der Waals surface area contributed by atoms with Crippen LogP contribution in [0, 0.1) is 0 Å². The van der Waals surface area contributed by atoms with Gasteiger partial charge >= 0.3 is 23.9 Å². The minimum atomic E-state index is -0.558. The fourth-order valence-electron chi connectivity index (χ4n) is 10.9. The van der Waals surface area contributed by atoms with Crippen molar-refractivity contribution in [1.29, 1.82) is 0 Å². The Kier molecular flexibility index (Phi) is 26.4. The van der Waals surface area contributed by atoms with Crippen LogP contribution in [0.3, 0.4) is 0 Å². The lowest BCUT2D eigenvalue weighted by molar-refractivity contribution is -0.143. The Labute approximate surface area is 474 Å². The molecule has 0 aromatic heterocycles. The number of fused-ring (bicyclic) bond motifs is 8. The van der Waals surface area contributed by atoms with Crippen molar-refractivity contribution in [3.63, 3.8) is 0 Å². The van der Waals surface area contributed by atoms with Crippen LogP contribution < -0.4 is 37.9 Å². The van der Waals surface area contributed by atoms with E-state index >= 15 is 0 Å². The molecule has 4 unspecified atom stereocenters. The largest absolute Gasteiger partial charge is 0.496 e. The van der Waals surface area contributed by atoms with E-state index in [4.69, 9.17) is 56.8 Å². The van der Waals surface area contributed by atoms with Gasteiger partial charge in [-0.3, -0.25) is 0 Å². The number of benzene rings is 4. The maximum Gasteiger partial charge on any atom is 0.343 e. The minimum Gasteiger partial charge on any atom is -0.496 e. The molecule has 0 fully saturated rings. The summed E-state index contributed by atoms with van der Waals surface area (Å²) in [5.41, 5.74) is 6.39. The van der Waals surface area contributed by atoms with E-state index in [9.17, 15) is 19.2 Å². The zero-order chi connectivity index (χ0) is 58.1. The first kappa shape index (κ1) is 64.0. The van der Waals surface area contributed by atoms with Crippen LogP contribution >= 0.6 is 0 Å². The first-order chi connectivity index (χ1) is 38.8. The summed E-state index contributed by atoms with van der Waals surface area (Å²) in [6.45, 7) is 7.16. The van der Waals surface area contributed by atoms with Crippen molar-refractivity contribution in [3.05, 3.63) is 93.0 Å². The quantitative estimate of drug-likeness (QED) is 0.0256. The summed E-state index contributed by atoms with van der Waals surface area (Å²) >= 11 is 0. The number of hydrogen-bond donors (Lipinski definition) is 0. The normalized spacial score (nSPS) is 15.4. The van der Waals surface area contributed by atoms with Gasteiger partial charge in [0, 0.05) is 92.4 Å². The van der Waals surface area contributed by atoms with Crippen LogP contribution in [0.2, 0.25) is 0 Å². The zero-order valence-electron chi connectivity index (χ0n) is 49.6. The van der Waals surface area contributed by atoms with E-state index in [1.807, 2.05) is 24.3 Å². The highest BCUT2D eigenvalue weighted by Crippen LogP contribution is 2.54. The number of esters is 4. The Bertz CT molecular complexity index is 2280. The van der Waals surface area contributed by atoms with Gasteiger partial charge in [0.15, 0.2) is 26.4 Å². The molecule has 8 bridgehead atoms. The van der Waals surface area contributed by atoms with E-state index in [2.05, 4.69) is 52.0 Å². The molecule has 4 aromatic carbocycles. The zero-order valence-corrected chi connectivity index (χ0v) is 49.6. The molecule has 0 amide bonds. The molecule has 16 heteroatoms. The summed E-state index contributed by atoms with van der Waals surface area (Å²) in [4.78, 5) is 52.1. The van der Waals surface area contributed by atoms with Crippen LogP contribution in [0.5, 0.6) is 46.0 Å². The molecule has 0 heterocycles. The fraction of sp³-hybridized carbons (Fsp3) is 0.562. The average molecular weight is 1110 g/mol. The van der Waals surface area contributed by atoms with Crippen molar-refractivity contribution < 1.29 is 76.0 Å². The summed E-state index contributed by atoms with van der Waals surface area (Å²) < 4.78 is 72.3. The predicted octanol–water partition coefficient (Wildman–Crippen LogP) is 13.1. The van der Waals surface area contributed by atoms with Crippen molar-refractivity contribution in [2.24, 2.45) is 0 Å². The molecule has 5 rings (SSSR count). The molecule has 0 aliphatic heterocycles. The van der Waals surface area contributed by atoms with Gasteiger partial charge in [-0.25, -0.2) is 19.2 Å². The molecule has 80 heavy (non-hydrogen) atoms. The van der Waals surface area contributed by atoms with Gasteiger partial charge in [-0.05, 0) is 49.9 Å². The van der Waals surface area contributed by atoms with Gasteiger partial charge in [0.1, 0.15) is 46.0 Å². The van der Waals surface area contributed by atoms with E-state index in [0.717, 1.165) is 122 Å². The van der Waals surface area contributed by atoms with E-state index in [1.54, 1.807) is 28.4 Å². The minimum absolute atomic E-state index is 0.371. The number of unbranched alkanes of at least 4 members (excludes halogenated alkanes) is 8. The topological polar surface area (TPSA) is 179 Å². The van der Waals surface area contributed by atoms with Crippen LogP contribution in [0.25, 0.3) is 0 Å². The van der Waals surface area contributed by atoms with Gasteiger partial charge < -0.3 is 56.8 Å². The first-order valence-electron chi connectivity index (χ1n) is 28.5. The lowest BCUT2D eigenvalue weighted by atomic mass is 9.76. The molecule has 0 radical (unpaired) electrons. The first-order valence-corrected chi connectivity index (χ1v) is 28.5. The Morgan fingerprint density at radius 1 is 0.287 bits per heavy atom. The Balaban J connectivity index is 2.16. The Morgan fingerprint density at radius 3 is 0.637 bits per heavy atom. The molecule has 1 aliphatic rings. The molecule has 1 aliphatic carbocycles. The van der Waals surface area contributed by atoms with Gasteiger partial charge in [-0.15, -0.1) is 0 Å². The van der Waals surface area contributed by atoms with Crippen molar-refractivity contribution in [3.8, 4) is 46.0 Å². The average Bonchev–Trinajstić information content (AvgIpc) is 3.48. The lowest BCUT2D eigenvalue weighted by Gasteiger charge is -2.32. The second-order valence-electron chi connectivity index (χ2n) is 20.2. The smallest absolute Gasteiger partial charge is 0.343 e. The predicted molar refractivity (Wildman–Crippen MR) is 306 cm³/mol. The van der Waals surface area contributed by atoms with Crippen LogP contribution in [0.4, 0.5) is 0 Å². The highest BCUT2D eigenvalue weighted by Gasteiger charge is 2.35. The van der Waals surface area contributed by atoms with E-state index in [0.29, 0.717) is 71.7 Å². The molecule has 0 saturated heterocycles. The SMILES string of the molecule is CCCCCC1c2cc(c(OCC(=O)OC)cc2OC)C(CCCCC)c2cc(c(OCC(=O)OC)cc2OC)C(CCCCC)c2cc(c(OCC(=O)OC)cc2OC)C(CCCCC)c2cc1c(OCC(=O)OC)cc2OC. The summed E-state index contributed by atoms with van der Waals surface area (Å²) in [7, 11) is 11.8. The maximum atomic E-state index is 13.0. The van der Waals surface area contributed by atoms with Crippen molar-refractivity contribution in [1.82, 2.24) is 0 Å². The van der Waals surface area contributed by atoms with Crippen molar-refractivity contribution in [2.45, 2.75) is 154 Å². The van der Waals surface area contributed by atoms with Gasteiger partial charge in [0.05, 0.1) is 56.9 Å². The molecular formula is C64H88O16. The number of hydrogen-bond acceptors (Lipinski definition) is 16. The fourth-order valence-corrected chi connectivity index (χ4v) is 10.9. The standard InChI is InChI=1S/C64H88O16/c1-13-17-21-25-41-45-29-50(58(33-53(45)69-5)78-38-62(66)74-10)43(27-23-19-15-3)47-31-52(60(35-55(47)71-7)80-40-64(68)76-12)44(28-24-20-16-4)48-32-51(59(36-56(48)72-8)79-39-63(67)75-11)42(26-22-18-14-2)46-30-49(41)57(34-54(46)70-6)77-37-61(65)73-9/h29-36,41-44H,13-28,37-40H2,1-12H3. The number of carbonyl (C=O) groups excluding carboxylic acids is 4. The molecule has 0 N–H and O–H groups in total. The Morgan fingerprint density at radius 2 is 0.475 bits per heavy atom. The summed E-state index contributed by atoms with van der Waals surface area (Å²) in [6, 6.07) is 16.0. The second kappa shape index (κ2) is 33.0. The molecule has 0 saturated carbocycles. The number of ether oxygens (including phenoxy) is 12. The molecule has 16 nitrogen and oxygen atoms in total. The molecule has 4 aromatic rings. The van der Waals surface area contributed by atoms with Crippen molar-refractivity contribution in [2.75, 3.05) is 83.3 Å². The molecule has 440 valence electrons. The summed E-state index contributed by atoms with van der Waals surface area (Å²) in [6.07, 6.45) is 13.3. The summed E-state index contributed by atoms with van der Waals surface area (Å²) in [5, 5.41) is 0. The van der Waals surface area contributed by atoms with Crippen molar-refractivity contribution >= 4 is 23.9 Å². The summed E-state index contributed by atoms with van der Waals surface area (Å²) in [5.74, 6) is -0.256. The highest BCUT2D eigenvalue weighted by atomic mass is 16.6. The third-order valence-electron chi connectivity index (χ3n) is 15.1. The van der Waals surface area contributed by atoms with Crippen LogP contribution in [-0.2, 0) is 38.1 Å². The van der Waals surface area contributed by atoms with Crippen LogP contribution in [0.1, 0.15) is 199 Å². The molecule has 0 spiro atoms. The second-order valence-corrected chi connectivity index (χ2v) is 20.2. The monoisotopic (exact) mass is 1110 g/mol. The number of rotatable bonds is 32. The Hall–Kier alpha value is -6.84. The third kappa shape index (κ3) is 16.6.